The third-order valence-electron chi connectivity index (χ3n) is 4.42. The van der Waals surface area contributed by atoms with Gasteiger partial charge in [-0.2, -0.15) is 0 Å². The topological polar surface area (TPSA) is 34.9 Å². The molecule has 0 unspecified atom stereocenters. The van der Waals surface area contributed by atoms with E-state index in [1.807, 2.05) is 13.0 Å². The lowest BCUT2D eigenvalue weighted by atomic mass is 10.1. The van der Waals surface area contributed by atoms with E-state index in [-0.39, 0.29) is 5.56 Å². The summed E-state index contributed by atoms with van der Waals surface area (Å²) in [7, 11) is 0. The number of hydrogen-bond donors (Lipinski definition) is 0. The zero-order valence-corrected chi connectivity index (χ0v) is 16.0. The third-order valence-corrected chi connectivity index (χ3v) is 5.16. The first-order chi connectivity index (χ1) is 13.4. The van der Waals surface area contributed by atoms with Crippen molar-refractivity contribution in [3.05, 3.63) is 87.4 Å². The first kappa shape index (κ1) is 18.6. The molecule has 0 atom stereocenters. The number of rotatable bonds is 2. The lowest BCUT2D eigenvalue weighted by Gasteiger charge is -2.11. The van der Waals surface area contributed by atoms with Gasteiger partial charge in [-0.05, 0) is 55.0 Å². The second-order valence-corrected chi connectivity index (χ2v) is 7.09. The van der Waals surface area contributed by atoms with Gasteiger partial charge < -0.3 is 0 Å². The van der Waals surface area contributed by atoms with Crippen LogP contribution in [0, 0.1) is 18.6 Å². The summed E-state index contributed by atoms with van der Waals surface area (Å²) in [6.45, 7) is 1.84. The van der Waals surface area contributed by atoms with Gasteiger partial charge in [-0.1, -0.05) is 35.3 Å². The van der Waals surface area contributed by atoms with Gasteiger partial charge >= 0.3 is 0 Å². The van der Waals surface area contributed by atoms with Crippen molar-refractivity contribution in [2.75, 3.05) is 0 Å². The molecule has 0 amide bonds. The number of aryl methyl sites for hydroxylation is 1. The number of halogens is 4. The molecule has 0 spiro atoms. The van der Waals surface area contributed by atoms with Crippen molar-refractivity contribution in [1.29, 1.82) is 0 Å². The second-order valence-electron chi connectivity index (χ2n) is 6.27. The van der Waals surface area contributed by atoms with Crippen LogP contribution in [0.1, 0.15) is 15.9 Å². The van der Waals surface area contributed by atoms with Crippen LogP contribution in [0.3, 0.4) is 0 Å². The molecule has 3 aromatic carbocycles. The Morgan fingerprint density at radius 2 is 1.79 bits per heavy atom. The average molecular weight is 417 g/mol. The molecule has 0 N–H and O–H groups in total. The lowest BCUT2D eigenvalue weighted by molar-refractivity contribution is 0.0965. The number of carbonyl (C=O) groups is 1. The van der Waals surface area contributed by atoms with Crippen molar-refractivity contribution in [2.45, 2.75) is 6.92 Å². The standard InChI is InChI=1S/C21H12Cl2F2N2O/c1-11-3-2-4-14(19(11)23)20-26-17-10-13(22)6-8-18(17)27(20)21(28)12-5-7-15(24)16(25)9-12/h2-10H,1H3. The van der Waals surface area contributed by atoms with E-state index in [0.717, 1.165) is 17.7 Å². The molecule has 7 heteroatoms. The smallest absolute Gasteiger partial charge is 0.264 e. The fourth-order valence-electron chi connectivity index (χ4n) is 3.02. The number of nitrogens with zero attached hydrogens (tertiary/aromatic N) is 2. The number of benzene rings is 3. The average Bonchev–Trinajstić information content (AvgIpc) is 3.03. The maximum absolute atomic E-state index is 13.7. The first-order valence-corrected chi connectivity index (χ1v) is 9.05. The summed E-state index contributed by atoms with van der Waals surface area (Å²) in [5.41, 5.74) is 2.31. The molecule has 0 saturated heterocycles. The minimum absolute atomic E-state index is 0.0156. The van der Waals surface area contributed by atoms with Crippen LogP contribution in [-0.4, -0.2) is 15.5 Å². The summed E-state index contributed by atoms with van der Waals surface area (Å²) in [5.74, 6) is -2.40. The highest BCUT2D eigenvalue weighted by Crippen LogP contribution is 2.33. The van der Waals surface area contributed by atoms with Crippen LogP contribution in [0.25, 0.3) is 22.4 Å². The molecule has 0 aliphatic carbocycles. The van der Waals surface area contributed by atoms with Crippen LogP contribution in [-0.2, 0) is 0 Å². The Morgan fingerprint density at radius 3 is 2.54 bits per heavy atom. The van der Waals surface area contributed by atoms with Crippen molar-refractivity contribution in [1.82, 2.24) is 9.55 Å². The number of aromatic nitrogens is 2. The van der Waals surface area contributed by atoms with Crippen LogP contribution >= 0.6 is 23.2 Å². The van der Waals surface area contributed by atoms with Gasteiger partial charge in [0.2, 0.25) is 0 Å². The Morgan fingerprint density at radius 1 is 1.00 bits per heavy atom. The lowest BCUT2D eigenvalue weighted by Crippen LogP contribution is -2.14. The summed E-state index contributed by atoms with van der Waals surface area (Å²) >= 11 is 12.5. The second kappa shape index (κ2) is 7.00. The maximum atomic E-state index is 13.7. The number of hydrogen-bond acceptors (Lipinski definition) is 2. The van der Waals surface area contributed by atoms with Crippen LogP contribution in [0.4, 0.5) is 8.78 Å². The van der Waals surface area contributed by atoms with E-state index in [0.29, 0.717) is 32.5 Å². The third kappa shape index (κ3) is 3.07. The Labute approximate surface area is 169 Å². The van der Waals surface area contributed by atoms with E-state index in [4.69, 9.17) is 23.2 Å². The van der Waals surface area contributed by atoms with E-state index in [1.165, 1.54) is 10.6 Å². The molecule has 140 valence electrons. The molecule has 0 bridgehead atoms. The zero-order chi connectivity index (χ0) is 20.0. The molecule has 0 aliphatic rings. The van der Waals surface area contributed by atoms with Gasteiger partial charge in [0.1, 0.15) is 5.82 Å². The predicted octanol–water partition coefficient (Wildman–Crippen LogP) is 6.29. The minimum Gasteiger partial charge on any atom is -0.268 e. The van der Waals surface area contributed by atoms with Gasteiger partial charge in [0, 0.05) is 16.1 Å². The van der Waals surface area contributed by atoms with Crippen LogP contribution in [0.15, 0.2) is 54.6 Å². The Kier molecular flexibility index (Phi) is 4.65. The molecule has 28 heavy (non-hydrogen) atoms. The largest absolute Gasteiger partial charge is 0.268 e. The SMILES string of the molecule is Cc1cccc(-c2nc3cc(Cl)ccc3n2C(=O)c2ccc(F)c(F)c2)c1Cl. The van der Waals surface area contributed by atoms with E-state index in [9.17, 15) is 13.6 Å². The number of fused-ring (bicyclic) bond motifs is 1. The van der Waals surface area contributed by atoms with Gasteiger partial charge in [-0.15, -0.1) is 0 Å². The van der Waals surface area contributed by atoms with Gasteiger partial charge in [0.05, 0.1) is 16.1 Å². The molecule has 1 aromatic heterocycles. The van der Waals surface area contributed by atoms with Crippen molar-refractivity contribution in [3.63, 3.8) is 0 Å². The molecule has 4 rings (SSSR count). The van der Waals surface area contributed by atoms with Crippen molar-refractivity contribution < 1.29 is 13.6 Å². The molecule has 3 nitrogen and oxygen atoms in total. The van der Waals surface area contributed by atoms with Crippen LogP contribution < -0.4 is 0 Å². The summed E-state index contributed by atoms with van der Waals surface area (Å²) in [4.78, 5) is 17.8. The number of imidazole rings is 1. The first-order valence-electron chi connectivity index (χ1n) is 8.30. The highest BCUT2D eigenvalue weighted by Gasteiger charge is 2.22. The maximum Gasteiger partial charge on any atom is 0.264 e. The molecular weight excluding hydrogens is 405 g/mol. The molecule has 0 fully saturated rings. The van der Waals surface area contributed by atoms with Gasteiger partial charge in [0.15, 0.2) is 11.6 Å². The molecule has 0 aliphatic heterocycles. The highest BCUT2D eigenvalue weighted by atomic mass is 35.5. The van der Waals surface area contributed by atoms with Crippen molar-refractivity contribution >= 4 is 40.1 Å². The van der Waals surface area contributed by atoms with E-state index < -0.39 is 17.5 Å². The highest BCUT2D eigenvalue weighted by molar-refractivity contribution is 6.34. The number of carbonyl (C=O) groups excluding carboxylic acids is 1. The minimum atomic E-state index is -1.10. The predicted molar refractivity (Wildman–Crippen MR) is 106 cm³/mol. The monoisotopic (exact) mass is 416 g/mol. The Bertz CT molecular complexity index is 1250. The van der Waals surface area contributed by atoms with Gasteiger partial charge in [-0.3, -0.25) is 9.36 Å². The van der Waals surface area contributed by atoms with Gasteiger partial charge in [-0.25, -0.2) is 13.8 Å². The Hall–Kier alpha value is -2.76. The van der Waals surface area contributed by atoms with Crippen molar-refractivity contribution in [2.24, 2.45) is 0 Å². The Balaban J connectivity index is 2.01. The zero-order valence-electron chi connectivity index (χ0n) is 14.5. The van der Waals surface area contributed by atoms with E-state index in [1.54, 1.807) is 30.3 Å². The molecule has 1 heterocycles. The van der Waals surface area contributed by atoms with E-state index in [2.05, 4.69) is 4.98 Å². The van der Waals surface area contributed by atoms with Crippen LogP contribution in [0.2, 0.25) is 10.0 Å². The normalized spacial score (nSPS) is 11.2. The van der Waals surface area contributed by atoms with E-state index >= 15 is 0 Å². The quantitative estimate of drug-likeness (QED) is 0.385. The fourth-order valence-corrected chi connectivity index (χ4v) is 3.39. The molecular formula is C21H12Cl2F2N2O. The summed E-state index contributed by atoms with van der Waals surface area (Å²) in [6, 6.07) is 13.3. The fraction of sp³-hybridized carbons (Fsp3) is 0.0476. The molecule has 0 radical (unpaired) electrons. The molecule has 4 aromatic rings. The summed E-state index contributed by atoms with van der Waals surface area (Å²) < 4.78 is 28.3. The van der Waals surface area contributed by atoms with Crippen molar-refractivity contribution in [3.8, 4) is 11.4 Å². The molecule has 0 saturated carbocycles. The summed E-state index contributed by atoms with van der Waals surface area (Å²) in [6.07, 6.45) is 0. The van der Waals surface area contributed by atoms with Crippen LogP contribution in [0.5, 0.6) is 0 Å². The van der Waals surface area contributed by atoms with Gasteiger partial charge in [0.25, 0.3) is 5.91 Å². The summed E-state index contributed by atoms with van der Waals surface area (Å²) in [5, 5.41) is 0.905.